The Kier molecular flexibility index (Phi) is 7.05. The monoisotopic (exact) mass is 364 g/mol. The Morgan fingerprint density at radius 3 is 2.32 bits per heavy atom. The van der Waals surface area contributed by atoms with Crippen molar-refractivity contribution >= 4 is 27.3 Å². The minimum Gasteiger partial charge on any atom is -0.299 e. The van der Waals surface area contributed by atoms with Crippen LogP contribution in [0.5, 0.6) is 0 Å². The van der Waals surface area contributed by atoms with Gasteiger partial charge in [0.15, 0.2) is 0 Å². The molecule has 0 fully saturated rings. The topological polar surface area (TPSA) is 17.1 Å². The third kappa shape index (κ3) is 3.90. The average Bonchev–Trinajstić information content (AvgIpc) is 2.52. The second kappa shape index (κ2) is 8.10. The van der Waals surface area contributed by atoms with Gasteiger partial charge in [0.05, 0.1) is 0 Å². The van der Waals surface area contributed by atoms with Crippen LogP contribution >= 0.6 is 15.9 Å². The van der Waals surface area contributed by atoms with Crippen LogP contribution in [0.15, 0.2) is 28.2 Å². The summed E-state index contributed by atoms with van der Waals surface area (Å²) in [6.07, 6.45) is 3.43. The molecule has 0 atom stereocenters. The van der Waals surface area contributed by atoms with E-state index in [1.54, 1.807) is 0 Å². The Bertz CT molecular complexity index is 567. The molecule has 22 heavy (non-hydrogen) atoms. The molecule has 1 nitrogen and oxygen atoms in total. The van der Waals surface area contributed by atoms with Gasteiger partial charge in [-0.3, -0.25) is 4.79 Å². The number of halogens is 1. The van der Waals surface area contributed by atoms with Crippen LogP contribution in [0.1, 0.15) is 78.4 Å². The average molecular weight is 365 g/mol. The molecule has 122 valence electrons. The fraction of sp³-hybridized carbons (Fsp3) is 0.550. The number of fused-ring (bicyclic) bond motifs is 2. The van der Waals surface area contributed by atoms with E-state index in [9.17, 15) is 4.79 Å². The number of carbonyl (C=O) groups is 1. The lowest BCUT2D eigenvalue weighted by molar-refractivity contribution is -0.118. The summed E-state index contributed by atoms with van der Waals surface area (Å²) in [5.74, 6) is 0.388. The maximum absolute atomic E-state index is 11.7. The number of hydrogen-bond acceptors (Lipinski definition) is 1. The molecule has 2 aliphatic rings. The molecule has 0 bridgehead atoms. The Morgan fingerprint density at radius 1 is 1.05 bits per heavy atom. The molecule has 1 aromatic carbocycles. The first-order valence-corrected chi connectivity index (χ1v) is 9.30. The molecule has 0 amide bonds. The van der Waals surface area contributed by atoms with E-state index < -0.39 is 0 Å². The van der Waals surface area contributed by atoms with Crippen molar-refractivity contribution in [1.82, 2.24) is 0 Å². The molecule has 0 saturated heterocycles. The highest BCUT2D eigenvalue weighted by Crippen LogP contribution is 2.47. The largest absolute Gasteiger partial charge is 0.299 e. The second-order valence-electron chi connectivity index (χ2n) is 6.05. The zero-order chi connectivity index (χ0) is 16.9. The zero-order valence-electron chi connectivity index (χ0n) is 14.8. The second-order valence-corrected chi connectivity index (χ2v) is 6.96. The Morgan fingerprint density at radius 2 is 1.68 bits per heavy atom. The molecule has 1 aromatic rings. The van der Waals surface area contributed by atoms with E-state index in [0.717, 1.165) is 23.7 Å². The SMILES string of the molecule is CC.CC.CC1(C)CC2=C(CC(=O)CC2)c2cc(Br)ccc21. The van der Waals surface area contributed by atoms with Gasteiger partial charge in [-0.1, -0.05) is 69.1 Å². The van der Waals surface area contributed by atoms with Gasteiger partial charge >= 0.3 is 0 Å². The number of benzene rings is 1. The lowest BCUT2D eigenvalue weighted by Gasteiger charge is -2.37. The molecule has 3 rings (SSSR count). The van der Waals surface area contributed by atoms with Crippen LogP contribution in [0, 0.1) is 0 Å². The van der Waals surface area contributed by atoms with Crippen molar-refractivity contribution < 1.29 is 4.79 Å². The summed E-state index contributed by atoms with van der Waals surface area (Å²) in [5, 5.41) is 0. The Balaban J connectivity index is 0.000000561. The first-order chi connectivity index (χ1) is 10.5. The highest BCUT2D eigenvalue weighted by atomic mass is 79.9. The van der Waals surface area contributed by atoms with Crippen LogP contribution in [0.4, 0.5) is 0 Å². The normalized spacial score (nSPS) is 18.2. The molecule has 0 aliphatic heterocycles. The van der Waals surface area contributed by atoms with Crippen molar-refractivity contribution in [2.45, 2.75) is 72.6 Å². The summed E-state index contributed by atoms with van der Waals surface area (Å²) in [7, 11) is 0. The maximum Gasteiger partial charge on any atom is 0.137 e. The van der Waals surface area contributed by atoms with Crippen molar-refractivity contribution in [3.63, 3.8) is 0 Å². The van der Waals surface area contributed by atoms with Crippen molar-refractivity contribution in [3.05, 3.63) is 39.4 Å². The molecule has 2 aliphatic carbocycles. The lowest BCUT2D eigenvalue weighted by atomic mass is 9.67. The van der Waals surface area contributed by atoms with Crippen LogP contribution in [0.3, 0.4) is 0 Å². The number of ketones is 1. The molecule has 0 spiro atoms. The van der Waals surface area contributed by atoms with Gasteiger partial charge in [-0.25, -0.2) is 0 Å². The third-order valence-corrected chi connectivity index (χ3v) is 4.69. The summed E-state index contributed by atoms with van der Waals surface area (Å²) >= 11 is 3.55. The molecular weight excluding hydrogens is 336 g/mol. The van der Waals surface area contributed by atoms with Crippen molar-refractivity contribution in [2.75, 3.05) is 0 Å². The minimum atomic E-state index is 0.190. The van der Waals surface area contributed by atoms with Crippen LogP contribution in [-0.2, 0) is 10.2 Å². The van der Waals surface area contributed by atoms with E-state index in [4.69, 9.17) is 0 Å². The number of Topliss-reactive ketones (excluding diaryl/α,β-unsaturated/α-hetero) is 1. The molecule has 0 N–H and O–H groups in total. The van der Waals surface area contributed by atoms with Gasteiger partial charge in [-0.2, -0.15) is 0 Å². The van der Waals surface area contributed by atoms with Gasteiger partial charge in [0.2, 0.25) is 0 Å². The Hall–Kier alpha value is -0.890. The highest BCUT2D eigenvalue weighted by molar-refractivity contribution is 9.10. The van der Waals surface area contributed by atoms with Crippen LogP contribution < -0.4 is 0 Å². The molecule has 0 saturated carbocycles. The summed E-state index contributed by atoms with van der Waals surface area (Å²) in [6.45, 7) is 12.6. The first kappa shape index (κ1) is 19.2. The molecule has 0 unspecified atom stereocenters. The van der Waals surface area contributed by atoms with Crippen LogP contribution in [0.2, 0.25) is 0 Å². The fourth-order valence-corrected chi connectivity index (χ4v) is 3.68. The quantitative estimate of drug-likeness (QED) is 0.501. The maximum atomic E-state index is 11.7. The summed E-state index contributed by atoms with van der Waals surface area (Å²) in [5.41, 5.74) is 5.69. The van der Waals surface area contributed by atoms with Crippen molar-refractivity contribution in [1.29, 1.82) is 0 Å². The van der Waals surface area contributed by atoms with Gasteiger partial charge in [-0.05, 0) is 47.1 Å². The zero-order valence-corrected chi connectivity index (χ0v) is 16.4. The van der Waals surface area contributed by atoms with Gasteiger partial charge in [0, 0.05) is 17.3 Å². The molecule has 2 heteroatoms. The van der Waals surface area contributed by atoms with E-state index in [1.807, 2.05) is 27.7 Å². The number of allylic oxidation sites excluding steroid dienone is 2. The molecule has 0 heterocycles. The fourth-order valence-electron chi connectivity index (χ4n) is 3.32. The van der Waals surface area contributed by atoms with Crippen molar-refractivity contribution in [2.24, 2.45) is 0 Å². The van der Waals surface area contributed by atoms with Gasteiger partial charge in [-0.15, -0.1) is 0 Å². The summed E-state index contributed by atoms with van der Waals surface area (Å²) < 4.78 is 1.10. The van der Waals surface area contributed by atoms with Crippen LogP contribution in [-0.4, -0.2) is 5.78 Å². The van der Waals surface area contributed by atoms with Gasteiger partial charge in [0.1, 0.15) is 5.78 Å². The number of rotatable bonds is 0. The number of carbonyl (C=O) groups excluding carboxylic acids is 1. The van der Waals surface area contributed by atoms with E-state index in [2.05, 4.69) is 48.0 Å². The van der Waals surface area contributed by atoms with Gasteiger partial charge < -0.3 is 0 Å². The highest BCUT2D eigenvalue weighted by Gasteiger charge is 2.34. The predicted octanol–water partition coefficient (Wildman–Crippen LogP) is 6.69. The third-order valence-electron chi connectivity index (χ3n) is 4.20. The summed E-state index contributed by atoms with van der Waals surface area (Å²) in [4.78, 5) is 11.7. The van der Waals surface area contributed by atoms with E-state index in [0.29, 0.717) is 12.2 Å². The van der Waals surface area contributed by atoms with E-state index in [-0.39, 0.29) is 5.41 Å². The van der Waals surface area contributed by atoms with Gasteiger partial charge in [0.25, 0.3) is 0 Å². The van der Waals surface area contributed by atoms with Crippen LogP contribution in [0.25, 0.3) is 5.57 Å². The van der Waals surface area contributed by atoms with E-state index in [1.165, 1.54) is 22.3 Å². The lowest BCUT2D eigenvalue weighted by Crippen LogP contribution is -2.27. The molecular formula is C20H29BrO. The van der Waals surface area contributed by atoms with E-state index >= 15 is 0 Å². The molecule has 0 aromatic heterocycles. The predicted molar refractivity (Wildman–Crippen MR) is 100 cm³/mol. The smallest absolute Gasteiger partial charge is 0.137 e. The molecule has 0 radical (unpaired) electrons. The number of hydrogen-bond donors (Lipinski definition) is 0. The Labute approximate surface area is 144 Å². The minimum absolute atomic E-state index is 0.190. The first-order valence-electron chi connectivity index (χ1n) is 8.50. The standard InChI is InChI=1S/C16H17BrO.2C2H6/c1-16(2)9-10-3-5-12(18)8-13(10)14-7-11(17)4-6-15(14)16;2*1-2/h4,6-7H,3,5,8-9H2,1-2H3;2*1-2H3. The van der Waals surface area contributed by atoms with Crippen molar-refractivity contribution in [3.8, 4) is 0 Å². The summed E-state index contributed by atoms with van der Waals surface area (Å²) in [6, 6.07) is 6.50.